The first-order valence-corrected chi connectivity index (χ1v) is 5.87. The first-order chi connectivity index (χ1) is 8.74. The van der Waals surface area contributed by atoms with Crippen LogP contribution in [0.3, 0.4) is 0 Å². The van der Waals surface area contributed by atoms with Crippen LogP contribution in [-0.2, 0) is 9.53 Å². The van der Waals surface area contributed by atoms with Crippen molar-refractivity contribution in [3.05, 3.63) is 53.8 Å². The van der Waals surface area contributed by atoms with Gasteiger partial charge in [-0.1, -0.05) is 42.5 Å². The molecule has 2 aromatic rings. The van der Waals surface area contributed by atoms with E-state index in [1.165, 1.54) is 0 Å². The second-order valence-electron chi connectivity index (χ2n) is 3.92. The third-order valence-electron chi connectivity index (χ3n) is 2.75. The molecule has 1 saturated heterocycles. The predicted molar refractivity (Wildman–Crippen MR) is 73.8 cm³/mol. The van der Waals surface area contributed by atoms with Crippen molar-refractivity contribution in [2.45, 2.75) is 0 Å². The third kappa shape index (κ3) is 1.87. The van der Waals surface area contributed by atoms with Gasteiger partial charge in [0.25, 0.3) is 11.1 Å². The Kier molecular flexibility index (Phi) is 2.57. The van der Waals surface area contributed by atoms with Crippen molar-refractivity contribution < 1.29 is 9.53 Å². The topological polar surface area (TPSA) is 38.3 Å². The minimum atomic E-state index is -0.298. The molecule has 1 heterocycles. The molecule has 0 bridgehead atoms. The van der Waals surface area contributed by atoms with E-state index >= 15 is 0 Å². The van der Waals surface area contributed by atoms with Crippen LogP contribution >= 0.6 is 12.2 Å². The van der Waals surface area contributed by atoms with E-state index in [1.807, 2.05) is 42.5 Å². The number of hydrogen-bond donors (Lipinski definition) is 1. The summed E-state index contributed by atoms with van der Waals surface area (Å²) in [6, 6.07) is 13.9. The summed E-state index contributed by atoms with van der Waals surface area (Å²) in [6.07, 6.45) is 1.71. The third-order valence-corrected chi connectivity index (χ3v) is 2.94. The van der Waals surface area contributed by atoms with E-state index < -0.39 is 0 Å². The number of ether oxygens (including phenoxy) is 1. The molecule has 88 valence electrons. The fourth-order valence-corrected chi connectivity index (χ4v) is 2.12. The molecule has 0 radical (unpaired) electrons. The highest BCUT2D eigenvalue weighted by Gasteiger charge is 2.23. The minimum Gasteiger partial charge on any atom is -0.426 e. The van der Waals surface area contributed by atoms with Gasteiger partial charge in [0.2, 0.25) is 0 Å². The van der Waals surface area contributed by atoms with Crippen LogP contribution in [0, 0.1) is 0 Å². The van der Waals surface area contributed by atoms with Gasteiger partial charge in [0, 0.05) is 0 Å². The van der Waals surface area contributed by atoms with E-state index in [0.717, 1.165) is 16.3 Å². The Labute approximate surface area is 109 Å². The van der Waals surface area contributed by atoms with Gasteiger partial charge in [-0.2, -0.15) is 0 Å². The number of carbonyl (C=O) groups excluding carboxylic acids is 1. The summed E-state index contributed by atoms with van der Waals surface area (Å²) in [4.78, 5) is 11.5. The lowest BCUT2D eigenvalue weighted by atomic mass is 10.0. The molecule has 0 atom stereocenters. The second-order valence-corrected chi connectivity index (χ2v) is 4.29. The zero-order valence-corrected chi connectivity index (χ0v) is 10.2. The van der Waals surface area contributed by atoms with Crippen molar-refractivity contribution >= 4 is 40.1 Å². The van der Waals surface area contributed by atoms with E-state index in [0.29, 0.717) is 0 Å². The molecule has 4 heteroatoms. The molecule has 0 aromatic heterocycles. The maximum atomic E-state index is 11.5. The van der Waals surface area contributed by atoms with E-state index in [1.54, 1.807) is 6.08 Å². The minimum absolute atomic E-state index is 0.103. The summed E-state index contributed by atoms with van der Waals surface area (Å²) in [5, 5.41) is 4.73. The molecule has 0 spiro atoms. The van der Waals surface area contributed by atoms with Gasteiger partial charge >= 0.3 is 0 Å². The summed E-state index contributed by atoms with van der Waals surface area (Å²) >= 11 is 4.79. The number of amides is 1. The van der Waals surface area contributed by atoms with Crippen LogP contribution in [-0.4, -0.2) is 11.1 Å². The highest BCUT2D eigenvalue weighted by molar-refractivity contribution is 7.80. The van der Waals surface area contributed by atoms with Crippen LogP contribution in [0.2, 0.25) is 0 Å². The summed E-state index contributed by atoms with van der Waals surface area (Å²) in [6.45, 7) is 0. The largest absolute Gasteiger partial charge is 0.426 e. The maximum Gasteiger partial charge on any atom is 0.294 e. The standard InChI is InChI=1S/C14H9NO2S/c16-13-12(17-14(18)15-13)8-10-6-3-5-9-4-1-2-7-11(9)10/h1-8H,(H,15,16,18). The molecular weight excluding hydrogens is 246 g/mol. The Morgan fingerprint density at radius 1 is 1.11 bits per heavy atom. The van der Waals surface area contributed by atoms with Crippen molar-refractivity contribution in [1.82, 2.24) is 5.32 Å². The van der Waals surface area contributed by atoms with Crippen LogP contribution in [0.5, 0.6) is 0 Å². The predicted octanol–water partition coefficient (Wildman–Crippen LogP) is 2.61. The van der Waals surface area contributed by atoms with Gasteiger partial charge in [-0.3, -0.25) is 10.1 Å². The normalized spacial score (nSPS) is 17.0. The smallest absolute Gasteiger partial charge is 0.294 e. The second kappa shape index (κ2) is 4.23. The summed E-state index contributed by atoms with van der Waals surface area (Å²) in [5.74, 6) is -0.0655. The van der Waals surface area contributed by atoms with E-state index in [9.17, 15) is 4.79 Å². The number of benzene rings is 2. The van der Waals surface area contributed by atoms with Crippen molar-refractivity contribution in [1.29, 1.82) is 0 Å². The highest BCUT2D eigenvalue weighted by atomic mass is 32.1. The van der Waals surface area contributed by atoms with Gasteiger partial charge in [-0.15, -0.1) is 0 Å². The van der Waals surface area contributed by atoms with E-state index in [4.69, 9.17) is 17.0 Å². The van der Waals surface area contributed by atoms with Crippen LogP contribution in [0.15, 0.2) is 48.2 Å². The Morgan fingerprint density at radius 3 is 2.67 bits per heavy atom. The monoisotopic (exact) mass is 255 g/mol. The van der Waals surface area contributed by atoms with Crippen LogP contribution in [0.1, 0.15) is 5.56 Å². The van der Waals surface area contributed by atoms with Crippen molar-refractivity contribution in [3.63, 3.8) is 0 Å². The van der Waals surface area contributed by atoms with Gasteiger partial charge in [-0.05, 0) is 34.6 Å². The van der Waals surface area contributed by atoms with Gasteiger partial charge in [-0.25, -0.2) is 0 Å². The van der Waals surface area contributed by atoms with Gasteiger partial charge in [0.15, 0.2) is 5.76 Å². The highest BCUT2D eigenvalue weighted by Crippen LogP contribution is 2.22. The molecule has 1 amide bonds. The Balaban J connectivity index is 2.13. The lowest BCUT2D eigenvalue weighted by Crippen LogP contribution is -2.18. The number of rotatable bonds is 1. The number of hydrogen-bond acceptors (Lipinski definition) is 3. The molecule has 0 unspecified atom stereocenters. The van der Waals surface area contributed by atoms with Gasteiger partial charge in [0.05, 0.1) is 0 Å². The molecule has 2 aromatic carbocycles. The first kappa shape index (κ1) is 10.9. The molecule has 0 saturated carbocycles. The summed E-state index contributed by atoms with van der Waals surface area (Å²) in [5.41, 5.74) is 0.933. The number of fused-ring (bicyclic) bond motifs is 1. The van der Waals surface area contributed by atoms with Crippen molar-refractivity contribution in [2.24, 2.45) is 0 Å². The van der Waals surface area contributed by atoms with Gasteiger partial charge in [0.1, 0.15) is 0 Å². The lowest BCUT2D eigenvalue weighted by Gasteiger charge is -2.02. The molecule has 0 aliphatic carbocycles. The Morgan fingerprint density at radius 2 is 1.89 bits per heavy atom. The summed E-state index contributed by atoms with van der Waals surface area (Å²) < 4.78 is 5.16. The fourth-order valence-electron chi connectivity index (χ4n) is 1.94. The molecule has 18 heavy (non-hydrogen) atoms. The zero-order chi connectivity index (χ0) is 12.5. The number of thiocarbonyl (C=S) groups is 1. The maximum absolute atomic E-state index is 11.5. The summed E-state index contributed by atoms with van der Waals surface area (Å²) in [7, 11) is 0. The number of carbonyl (C=O) groups is 1. The van der Waals surface area contributed by atoms with Crippen molar-refractivity contribution in [2.75, 3.05) is 0 Å². The molecule has 1 fully saturated rings. The Hall–Kier alpha value is -2.20. The van der Waals surface area contributed by atoms with E-state index in [-0.39, 0.29) is 16.8 Å². The molecule has 3 nitrogen and oxygen atoms in total. The first-order valence-electron chi connectivity index (χ1n) is 5.47. The quantitative estimate of drug-likeness (QED) is 0.629. The average molecular weight is 255 g/mol. The van der Waals surface area contributed by atoms with Gasteiger partial charge < -0.3 is 4.74 Å². The zero-order valence-electron chi connectivity index (χ0n) is 9.34. The van der Waals surface area contributed by atoms with Crippen LogP contribution in [0.25, 0.3) is 16.8 Å². The number of nitrogens with one attached hydrogen (secondary N) is 1. The van der Waals surface area contributed by atoms with E-state index in [2.05, 4.69) is 5.32 Å². The molecule has 1 aliphatic heterocycles. The van der Waals surface area contributed by atoms with Crippen LogP contribution < -0.4 is 5.32 Å². The Bertz CT molecular complexity index is 686. The average Bonchev–Trinajstić information content (AvgIpc) is 2.68. The molecule has 1 aliphatic rings. The molecule has 1 N–H and O–H groups in total. The molecular formula is C14H9NO2S. The lowest BCUT2D eigenvalue weighted by molar-refractivity contribution is -0.116. The fraction of sp³-hybridized carbons (Fsp3) is 0. The van der Waals surface area contributed by atoms with Crippen LogP contribution in [0.4, 0.5) is 0 Å². The SMILES string of the molecule is O=C1NC(=S)OC1=Cc1cccc2ccccc12. The van der Waals surface area contributed by atoms with Crippen molar-refractivity contribution in [3.8, 4) is 0 Å². The molecule has 3 rings (SSSR count).